The molecule has 1 unspecified atom stereocenters. The van der Waals surface area contributed by atoms with Crippen LogP contribution in [0.25, 0.3) is 0 Å². The fourth-order valence-electron chi connectivity index (χ4n) is 7.90. The molecule has 55 heavy (non-hydrogen) atoms. The van der Waals surface area contributed by atoms with E-state index in [0.717, 1.165) is 19.3 Å². The van der Waals surface area contributed by atoms with Crippen LogP contribution < -0.4 is 21.3 Å². The lowest BCUT2D eigenvalue weighted by Crippen LogP contribution is -2.60. The zero-order valence-corrected chi connectivity index (χ0v) is 32.8. The van der Waals surface area contributed by atoms with Gasteiger partial charge in [-0.1, -0.05) is 63.4 Å². The summed E-state index contributed by atoms with van der Waals surface area (Å²) < 4.78 is 32.4. The number of nitrogens with one attached hydrogen (secondary N) is 4. The van der Waals surface area contributed by atoms with Gasteiger partial charge in [0.05, 0.1) is 12.6 Å². The molecule has 6 amide bonds. The predicted molar refractivity (Wildman–Crippen MR) is 197 cm³/mol. The van der Waals surface area contributed by atoms with Gasteiger partial charge in [0.15, 0.2) is 0 Å². The second-order valence-electron chi connectivity index (χ2n) is 16.6. The van der Waals surface area contributed by atoms with Gasteiger partial charge in [0.2, 0.25) is 35.8 Å². The maximum absolute atomic E-state index is 14.4. The summed E-state index contributed by atoms with van der Waals surface area (Å²) in [6, 6.07) is 3.54. The van der Waals surface area contributed by atoms with Crippen molar-refractivity contribution in [3.05, 3.63) is 35.9 Å². The molecule has 0 aromatic heterocycles. The number of hydrogen-bond acceptors (Lipinski definition) is 8. The molecule has 1 heterocycles. The molecular formula is C39H56F2N6O8. The summed E-state index contributed by atoms with van der Waals surface area (Å²) in [6.07, 6.45) is -0.915. The van der Waals surface area contributed by atoms with E-state index in [-0.39, 0.29) is 29.7 Å². The van der Waals surface area contributed by atoms with Crippen molar-refractivity contribution in [2.24, 2.45) is 23.2 Å². The van der Waals surface area contributed by atoms with Crippen molar-refractivity contribution in [3.63, 3.8) is 0 Å². The van der Waals surface area contributed by atoms with E-state index in [0.29, 0.717) is 18.4 Å². The lowest BCUT2D eigenvalue weighted by Gasteiger charge is -2.37. The minimum Gasteiger partial charge on any atom is -0.444 e. The third-order valence-electron chi connectivity index (χ3n) is 10.9. The number of benzene rings is 1. The zero-order valence-electron chi connectivity index (χ0n) is 32.8. The number of fused-ring (bicyclic) bond motifs is 1. The van der Waals surface area contributed by atoms with Crippen molar-refractivity contribution in [1.82, 2.24) is 31.1 Å². The van der Waals surface area contributed by atoms with Crippen LogP contribution in [-0.4, -0.2) is 109 Å². The molecule has 4 rings (SSSR count). The van der Waals surface area contributed by atoms with Crippen molar-refractivity contribution >= 4 is 41.4 Å². The van der Waals surface area contributed by atoms with Crippen LogP contribution >= 0.6 is 0 Å². The van der Waals surface area contributed by atoms with Crippen molar-refractivity contribution < 1.29 is 47.1 Å². The quantitative estimate of drug-likeness (QED) is 0.196. The van der Waals surface area contributed by atoms with E-state index < -0.39 is 97.0 Å². The monoisotopic (exact) mass is 774 g/mol. The number of rotatable bonds is 15. The summed E-state index contributed by atoms with van der Waals surface area (Å²) in [6.45, 7) is 8.51. The number of halogens is 2. The molecule has 3 fully saturated rings. The number of Topliss-reactive ketones (excluding diaryl/α,β-unsaturated/α-hetero) is 1. The first-order valence-corrected chi connectivity index (χ1v) is 19.0. The van der Waals surface area contributed by atoms with Crippen LogP contribution in [0.5, 0.6) is 0 Å². The van der Waals surface area contributed by atoms with Gasteiger partial charge in [-0.2, -0.15) is 0 Å². The van der Waals surface area contributed by atoms with Crippen molar-refractivity contribution in [2.45, 2.75) is 116 Å². The lowest BCUT2D eigenvalue weighted by molar-refractivity contribution is -0.145. The number of alkyl halides is 2. The van der Waals surface area contributed by atoms with E-state index in [1.54, 1.807) is 51.1 Å². The number of ketones is 1. The van der Waals surface area contributed by atoms with Crippen molar-refractivity contribution in [3.8, 4) is 0 Å². The molecule has 6 atom stereocenters. The second-order valence-corrected chi connectivity index (χ2v) is 16.6. The fraction of sp³-hybridized carbons (Fsp3) is 0.667. The number of likely N-dealkylation sites (N-methyl/N-ethyl adjacent to an activating group) is 1. The minimum atomic E-state index is -2.85. The van der Waals surface area contributed by atoms with Crippen LogP contribution in [0.1, 0.15) is 91.2 Å². The standard InChI is InChI=1S/C39H56F2N6O8/c1-38(2,3)55-37(54)45-30(23-16-12-9-13-17-23)36(53)47-21-24-28(39(24,4)5)31(47)33(50)43-25(18-19-26(40)41)32(49)34(51)42-20-27(48)44-29(35(52)46(6)7)22-14-10-8-11-15-22/h8,10-11,14-15,23-26,28-31H,9,12-13,16-21H2,1-7H3,(H,42,51)(H,43,50)(H,44,48)(H,45,54)/t24-,25?,28-,29-,30-,31-/m0/s1. The van der Waals surface area contributed by atoms with Gasteiger partial charge < -0.3 is 35.8 Å². The molecule has 2 aliphatic carbocycles. The average molecular weight is 775 g/mol. The van der Waals surface area contributed by atoms with Crippen LogP contribution in [-0.2, 0) is 33.5 Å². The number of carbonyl (C=O) groups excluding carboxylic acids is 7. The molecular weight excluding hydrogens is 718 g/mol. The number of nitrogens with zero attached hydrogens (tertiary/aromatic N) is 2. The normalized spacial score (nSPS) is 22.0. The van der Waals surface area contributed by atoms with Crippen LogP contribution in [0.4, 0.5) is 13.6 Å². The minimum absolute atomic E-state index is 0.0724. The summed E-state index contributed by atoms with van der Waals surface area (Å²) in [4.78, 5) is 96.3. The van der Waals surface area contributed by atoms with Gasteiger partial charge >= 0.3 is 6.09 Å². The molecule has 304 valence electrons. The van der Waals surface area contributed by atoms with Crippen molar-refractivity contribution in [2.75, 3.05) is 27.2 Å². The third kappa shape index (κ3) is 11.0. The first kappa shape index (κ1) is 43.1. The number of alkyl carbamates (subject to hydrolysis) is 1. The van der Waals surface area contributed by atoms with Crippen molar-refractivity contribution in [1.29, 1.82) is 0 Å². The molecule has 1 aromatic carbocycles. The Morgan fingerprint density at radius 3 is 2.15 bits per heavy atom. The number of piperidine rings is 1. The first-order chi connectivity index (χ1) is 25.7. The van der Waals surface area contributed by atoms with Gasteiger partial charge in [-0.3, -0.25) is 28.8 Å². The van der Waals surface area contributed by atoms with E-state index in [2.05, 4.69) is 21.3 Å². The Morgan fingerprint density at radius 2 is 1.56 bits per heavy atom. The zero-order chi connectivity index (χ0) is 40.8. The summed E-state index contributed by atoms with van der Waals surface area (Å²) in [7, 11) is 3.03. The highest BCUT2D eigenvalue weighted by atomic mass is 19.3. The second kappa shape index (κ2) is 17.9. The Morgan fingerprint density at radius 1 is 0.927 bits per heavy atom. The van der Waals surface area contributed by atoms with Crippen LogP contribution in [0.15, 0.2) is 30.3 Å². The van der Waals surface area contributed by atoms with Gasteiger partial charge in [0.1, 0.15) is 23.7 Å². The molecule has 0 bridgehead atoms. The van der Waals surface area contributed by atoms with E-state index in [9.17, 15) is 42.3 Å². The lowest BCUT2D eigenvalue weighted by atomic mass is 9.83. The number of likely N-dealkylation sites (tertiary alicyclic amines) is 1. The fourth-order valence-corrected chi connectivity index (χ4v) is 7.90. The SMILES string of the molecule is CN(C)C(=O)[C@@H](NC(=O)CNC(=O)C(=O)C(CCC(F)F)NC(=O)[C@@H]1[C@@H]2[C@H](CN1C(=O)[C@@H](NC(=O)OC(C)(C)C)C1CCCCC1)C2(C)C)c1ccccc1. The van der Waals surface area contributed by atoms with E-state index in [1.807, 2.05) is 13.8 Å². The first-order valence-electron chi connectivity index (χ1n) is 19.0. The molecule has 0 radical (unpaired) electrons. The highest BCUT2D eigenvalue weighted by molar-refractivity contribution is 6.38. The topological polar surface area (TPSA) is 183 Å². The number of hydrogen-bond donors (Lipinski definition) is 4. The molecule has 4 N–H and O–H groups in total. The molecule has 1 aromatic rings. The summed E-state index contributed by atoms with van der Waals surface area (Å²) >= 11 is 0. The van der Waals surface area contributed by atoms with Crippen LogP contribution in [0.2, 0.25) is 0 Å². The van der Waals surface area contributed by atoms with Gasteiger partial charge in [-0.25, -0.2) is 13.6 Å². The molecule has 3 aliphatic rings. The van der Waals surface area contributed by atoms with Gasteiger partial charge in [-0.15, -0.1) is 0 Å². The Hall–Kier alpha value is -4.63. The highest BCUT2D eigenvalue weighted by Crippen LogP contribution is 2.65. The number of ether oxygens (including phenoxy) is 1. The maximum Gasteiger partial charge on any atom is 0.408 e. The maximum atomic E-state index is 14.4. The molecule has 1 aliphatic heterocycles. The average Bonchev–Trinajstić information content (AvgIpc) is 3.42. The van der Waals surface area contributed by atoms with Crippen LogP contribution in [0.3, 0.4) is 0 Å². The molecule has 1 saturated heterocycles. The summed E-state index contributed by atoms with van der Waals surface area (Å²) in [5.74, 6) is -5.64. The summed E-state index contributed by atoms with van der Waals surface area (Å²) in [5, 5.41) is 9.98. The third-order valence-corrected chi connectivity index (χ3v) is 10.9. The predicted octanol–water partition coefficient (Wildman–Crippen LogP) is 3.10. The van der Waals surface area contributed by atoms with E-state index >= 15 is 0 Å². The molecule has 0 spiro atoms. The van der Waals surface area contributed by atoms with Gasteiger partial charge in [-0.05, 0) is 68.8 Å². The smallest absolute Gasteiger partial charge is 0.408 e. The van der Waals surface area contributed by atoms with E-state index in [4.69, 9.17) is 4.74 Å². The Labute approximate surface area is 321 Å². The number of amides is 6. The molecule has 2 saturated carbocycles. The van der Waals surface area contributed by atoms with Gasteiger partial charge in [0, 0.05) is 27.1 Å². The number of carbonyl (C=O) groups is 7. The largest absolute Gasteiger partial charge is 0.444 e. The summed E-state index contributed by atoms with van der Waals surface area (Å²) in [5.41, 5.74) is -0.688. The molecule has 16 heteroatoms. The highest BCUT2D eigenvalue weighted by Gasteiger charge is 2.69. The molecule has 14 nitrogen and oxygen atoms in total. The van der Waals surface area contributed by atoms with Crippen LogP contribution in [0, 0.1) is 23.2 Å². The van der Waals surface area contributed by atoms with Gasteiger partial charge in [0.25, 0.3) is 5.91 Å². The van der Waals surface area contributed by atoms with E-state index in [1.165, 1.54) is 23.9 Å². The Balaban J connectivity index is 1.49. The Kier molecular flexibility index (Phi) is 14.0. The Bertz CT molecular complexity index is 1590.